The summed E-state index contributed by atoms with van der Waals surface area (Å²) >= 11 is 0. The first-order chi connectivity index (χ1) is 11.5. The van der Waals surface area contributed by atoms with Crippen molar-refractivity contribution in [3.8, 4) is 0 Å². The second-order valence-corrected chi connectivity index (χ2v) is 7.09. The molecule has 1 aromatic carbocycles. The van der Waals surface area contributed by atoms with Crippen molar-refractivity contribution >= 4 is 17.7 Å². The zero-order valence-electron chi connectivity index (χ0n) is 14.2. The Morgan fingerprint density at radius 3 is 2.32 bits per heavy atom. The lowest BCUT2D eigenvalue weighted by atomic mass is 10.1. The minimum Gasteiger partial charge on any atom is -0.444 e. The Bertz CT molecular complexity index is 642. The van der Waals surface area contributed by atoms with Crippen LogP contribution in [0.15, 0.2) is 24.3 Å². The van der Waals surface area contributed by atoms with Crippen molar-refractivity contribution < 1.29 is 27.5 Å². The van der Waals surface area contributed by atoms with Gasteiger partial charge in [0.05, 0.1) is 0 Å². The second-order valence-electron chi connectivity index (χ2n) is 7.09. The van der Waals surface area contributed by atoms with Crippen LogP contribution in [-0.4, -0.2) is 29.6 Å². The Kier molecular flexibility index (Phi) is 5.29. The molecule has 1 saturated carbocycles. The first-order valence-electron chi connectivity index (χ1n) is 7.90. The first-order valence-corrected chi connectivity index (χ1v) is 7.90. The van der Waals surface area contributed by atoms with E-state index in [1.807, 2.05) is 0 Å². The van der Waals surface area contributed by atoms with E-state index in [0.29, 0.717) is 5.69 Å². The van der Waals surface area contributed by atoms with Crippen molar-refractivity contribution in [2.45, 2.75) is 51.2 Å². The van der Waals surface area contributed by atoms with Gasteiger partial charge in [-0.15, -0.1) is 0 Å². The number of carbonyl (C=O) groups is 2. The standard InChI is InChI=1S/C17H21F3N2O3/c1-16(2,3)25-15(24)22-13(8-10-9-17(10,19)20)14(23)21-12-6-4-11(18)5-7-12/h4-7,10,13H,8-9H2,1-3H3,(H,21,23)(H,22,24)/t10?,13-/m0/s1. The third kappa shape index (κ3) is 5.95. The minimum atomic E-state index is -2.82. The van der Waals surface area contributed by atoms with E-state index >= 15 is 0 Å². The van der Waals surface area contributed by atoms with Gasteiger partial charge in [0.25, 0.3) is 5.92 Å². The van der Waals surface area contributed by atoms with Crippen LogP contribution in [0.2, 0.25) is 0 Å². The van der Waals surface area contributed by atoms with E-state index < -0.39 is 41.3 Å². The lowest BCUT2D eigenvalue weighted by molar-refractivity contribution is -0.118. The highest BCUT2D eigenvalue weighted by Crippen LogP contribution is 2.51. The smallest absolute Gasteiger partial charge is 0.408 e. The summed E-state index contributed by atoms with van der Waals surface area (Å²) in [5.74, 6) is -4.92. The Morgan fingerprint density at radius 1 is 1.28 bits per heavy atom. The molecule has 2 atom stereocenters. The van der Waals surface area contributed by atoms with Crippen LogP contribution in [0.4, 0.5) is 23.7 Å². The number of halogens is 3. The third-order valence-electron chi connectivity index (χ3n) is 3.60. The van der Waals surface area contributed by atoms with E-state index in [-0.39, 0.29) is 12.8 Å². The number of alkyl halides is 2. The number of rotatable bonds is 5. The lowest BCUT2D eigenvalue weighted by Crippen LogP contribution is -2.46. The van der Waals surface area contributed by atoms with Crippen molar-refractivity contribution in [3.63, 3.8) is 0 Å². The summed E-state index contributed by atoms with van der Waals surface area (Å²) in [4.78, 5) is 24.2. The molecule has 25 heavy (non-hydrogen) atoms. The quantitative estimate of drug-likeness (QED) is 0.843. The third-order valence-corrected chi connectivity index (χ3v) is 3.60. The van der Waals surface area contributed by atoms with Crippen molar-refractivity contribution in [1.82, 2.24) is 5.32 Å². The van der Waals surface area contributed by atoms with Crippen LogP contribution in [0.3, 0.4) is 0 Å². The molecule has 0 saturated heterocycles. The monoisotopic (exact) mass is 358 g/mol. The molecule has 0 spiro atoms. The maximum Gasteiger partial charge on any atom is 0.408 e. The number of amides is 2. The average Bonchev–Trinajstić information content (AvgIpc) is 3.05. The maximum atomic E-state index is 13.2. The zero-order chi connectivity index (χ0) is 18.8. The largest absolute Gasteiger partial charge is 0.444 e. The molecule has 1 aliphatic carbocycles. The normalized spacial score (nSPS) is 19.7. The van der Waals surface area contributed by atoms with Gasteiger partial charge in [-0.3, -0.25) is 4.79 Å². The van der Waals surface area contributed by atoms with Gasteiger partial charge in [0.2, 0.25) is 5.91 Å². The Labute approximate surface area is 143 Å². The van der Waals surface area contributed by atoms with Gasteiger partial charge in [0.15, 0.2) is 0 Å². The lowest BCUT2D eigenvalue weighted by Gasteiger charge is -2.23. The summed E-state index contributed by atoms with van der Waals surface area (Å²) < 4.78 is 44.3. The van der Waals surface area contributed by atoms with Crippen LogP contribution in [0.1, 0.15) is 33.6 Å². The van der Waals surface area contributed by atoms with Gasteiger partial charge in [-0.2, -0.15) is 0 Å². The number of alkyl carbamates (subject to hydrolysis) is 1. The first kappa shape index (κ1) is 19.1. The molecular weight excluding hydrogens is 337 g/mol. The van der Waals surface area contributed by atoms with Crippen LogP contribution in [0.5, 0.6) is 0 Å². The molecule has 0 bridgehead atoms. The predicted octanol–water partition coefficient (Wildman–Crippen LogP) is 3.70. The molecule has 1 unspecified atom stereocenters. The van der Waals surface area contributed by atoms with E-state index in [4.69, 9.17) is 4.74 Å². The fourth-order valence-corrected chi connectivity index (χ4v) is 2.25. The van der Waals surface area contributed by atoms with Gasteiger partial charge in [-0.25, -0.2) is 18.0 Å². The summed E-state index contributed by atoms with van der Waals surface area (Å²) in [6.07, 6.45) is -1.39. The number of hydrogen-bond donors (Lipinski definition) is 2. The number of ether oxygens (including phenoxy) is 1. The van der Waals surface area contributed by atoms with Gasteiger partial charge >= 0.3 is 6.09 Å². The minimum absolute atomic E-state index is 0.209. The SMILES string of the molecule is CC(C)(C)OC(=O)N[C@@H](CC1CC1(F)F)C(=O)Nc1ccc(F)cc1. The van der Waals surface area contributed by atoms with E-state index in [1.165, 1.54) is 12.1 Å². The highest BCUT2D eigenvalue weighted by molar-refractivity contribution is 5.96. The van der Waals surface area contributed by atoms with Gasteiger partial charge in [0.1, 0.15) is 17.5 Å². The number of nitrogens with one attached hydrogen (secondary N) is 2. The second kappa shape index (κ2) is 6.93. The molecule has 2 N–H and O–H groups in total. The maximum absolute atomic E-state index is 13.2. The number of carbonyl (C=O) groups excluding carboxylic acids is 2. The number of hydrogen-bond acceptors (Lipinski definition) is 3. The molecule has 0 aliphatic heterocycles. The van der Waals surface area contributed by atoms with E-state index in [9.17, 15) is 22.8 Å². The van der Waals surface area contributed by atoms with Crippen LogP contribution in [0.25, 0.3) is 0 Å². The highest BCUT2D eigenvalue weighted by Gasteiger charge is 2.57. The highest BCUT2D eigenvalue weighted by atomic mass is 19.3. The topological polar surface area (TPSA) is 67.4 Å². The molecule has 0 heterocycles. The molecule has 1 fully saturated rings. The van der Waals surface area contributed by atoms with E-state index in [1.54, 1.807) is 20.8 Å². The Morgan fingerprint density at radius 2 is 1.84 bits per heavy atom. The molecular formula is C17H21F3N2O3. The van der Waals surface area contributed by atoms with E-state index in [0.717, 1.165) is 12.1 Å². The number of benzene rings is 1. The van der Waals surface area contributed by atoms with Gasteiger partial charge in [-0.05, 0) is 51.5 Å². The average molecular weight is 358 g/mol. The van der Waals surface area contributed by atoms with Crippen LogP contribution < -0.4 is 10.6 Å². The van der Waals surface area contributed by atoms with Crippen molar-refractivity contribution in [2.24, 2.45) is 5.92 Å². The summed E-state index contributed by atoms with van der Waals surface area (Å²) in [5.41, 5.74) is -0.490. The molecule has 0 aromatic heterocycles. The van der Waals surface area contributed by atoms with Gasteiger partial charge < -0.3 is 15.4 Å². The Hall–Kier alpha value is -2.25. The fourth-order valence-electron chi connectivity index (χ4n) is 2.25. The summed E-state index contributed by atoms with van der Waals surface area (Å²) in [5, 5.41) is 4.81. The molecule has 1 aromatic rings. The van der Waals surface area contributed by atoms with Crippen molar-refractivity contribution in [3.05, 3.63) is 30.1 Å². The Balaban J connectivity index is 2.03. The molecule has 138 valence electrons. The molecule has 2 amide bonds. The van der Waals surface area contributed by atoms with Gasteiger partial charge in [-0.1, -0.05) is 0 Å². The molecule has 2 rings (SSSR count). The predicted molar refractivity (Wildman–Crippen MR) is 85.9 cm³/mol. The van der Waals surface area contributed by atoms with Crippen LogP contribution in [-0.2, 0) is 9.53 Å². The molecule has 0 radical (unpaired) electrons. The fraction of sp³-hybridized carbons (Fsp3) is 0.529. The molecule has 5 nitrogen and oxygen atoms in total. The summed E-state index contributed by atoms with van der Waals surface area (Å²) in [6.45, 7) is 4.94. The van der Waals surface area contributed by atoms with Crippen molar-refractivity contribution in [2.75, 3.05) is 5.32 Å². The summed E-state index contributed by atoms with van der Waals surface area (Å²) in [6, 6.07) is 3.80. The number of anilines is 1. The van der Waals surface area contributed by atoms with Crippen LogP contribution in [0, 0.1) is 11.7 Å². The van der Waals surface area contributed by atoms with Crippen LogP contribution >= 0.6 is 0 Å². The van der Waals surface area contributed by atoms with Gasteiger partial charge in [0, 0.05) is 18.0 Å². The zero-order valence-corrected chi connectivity index (χ0v) is 14.2. The van der Waals surface area contributed by atoms with Crippen molar-refractivity contribution in [1.29, 1.82) is 0 Å². The summed E-state index contributed by atoms with van der Waals surface area (Å²) in [7, 11) is 0. The molecule has 1 aliphatic rings. The van der Waals surface area contributed by atoms with E-state index in [2.05, 4.69) is 10.6 Å². The molecule has 8 heteroatoms.